The molecule has 0 aromatic rings. The van der Waals surface area contributed by atoms with Gasteiger partial charge in [0.1, 0.15) is 6.10 Å². The summed E-state index contributed by atoms with van der Waals surface area (Å²) in [5, 5.41) is 11.9. The molecule has 1 amide bonds. The molecule has 1 fully saturated rings. The molecular formula is C6H12N2O2. The highest BCUT2D eigenvalue weighted by atomic mass is 16.3. The lowest BCUT2D eigenvalue weighted by molar-refractivity contribution is -0.125. The van der Waals surface area contributed by atoms with Crippen molar-refractivity contribution in [1.29, 1.82) is 0 Å². The Balaban J connectivity index is 2.05. The third kappa shape index (κ3) is 2.33. The predicted molar refractivity (Wildman–Crippen MR) is 36.2 cm³/mol. The average Bonchev–Trinajstić information content (AvgIpc) is 2.64. The molecule has 1 aliphatic carbocycles. The van der Waals surface area contributed by atoms with Crippen LogP contribution >= 0.6 is 0 Å². The third-order valence-corrected chi connectivity index (χ3v) is 1.51. The van der Waals surface area contributed by atoms with Crippen LogP contribution in [0.15, 0.2) is 0 Å². The van der Waals surface area contributed by atoms with Crippen LogP contribution in [0.3, 0.4) is 0 Å². The van der Waals surface area contributed by atoms with Crippen molar-refractivity contribution in [3.05, 3.63) is 0 Å². The van der Waals surface area contributed by atoms with E-state index < -0.39 is 12.0 Å². The second-order valence-corrected chi connectivity index (χ2v) is 2.60. The molecule has 4 N–H and O–H groups in total. The molecule has 0 radical (unpaired) electrons. The summed E-state index contributed by atoms with van der Waals surface area (Å²) in [4.78, 5) is 10.3. The summed E-state index contributed by atoms with van der Waals surface area (Å²) < 4.78 is 0. The normalized spacial score (nSPS) is 20.5. The van der Waals surface area contributed by atoms with Gasteiger partial charge in [0.15, 0.2) is 0 Å². The van der Waals surface area contributed by atoms with Gasteiger partial charge in [0.2, 0.25) is 5.91 Å². The molecule has 0 aliphatic heterocycles. The summed E-state index contributed by atoms with van der Waals surface area (Å²) in [6, 6.07) is 0.508. The number of aliphatic hydroxyl groups excluding tert-OH is 1. The highest BCUT2D eigenvalue weighted by Gasteiger charge is 2.22. The van der Waals surface area contributed by atoms with Gasteiger partial charge in [-0.3, -0.25) is 4.79 Å². The van der Waals surface area contributed by atoms with Crippen molar-refractivity contribution in [2.24, 2.45) is 5.73 Å². The fraction of sp³-hybridized carbons (Fsp3) is 0.833. The van der Waals surface area contributed by atoms with Gasteiger partial charge in [0.05, 0.1) is 0 Å². The van der Waals surface area contributed by atoms with Crippen molar-refractivity contribution < 1.29 is 9.90 Å². The average molecular weight is 144 g/mol. The summed E-state index contributed by atoms with van der Waals surface area (Å²) >= 11 is 0. The maximum absolute atomic E-state index is 10.3. The minimum absolute atomic E-state index is 0.292. The highest BCUT2D eigenvalue weighted by Crippen LogP contribution is 2.18. The Labute approximate surface area is 59.4 Å². The molecule has 4 heteroatoms. The number of hydrogen-bond acceptors (Lipinski definition) is 3. The van der Waals surface area contributed by atoms with Gasteiger partial charge in [0, 0.05) is 12.6 Å². The van der Waals surface area contributed by atoms with E-state index >= 15 is 0 Å². The third-order valence-electron chi connectivity index (χ3n) is 1.51. The Bertz CT molecular complexity index is 134. The Kier molecular flexibility index (Phi) is 2.24. The van der Waals surface area contributed by atoms with Crippen LogP contribution in [0, 0.1) is 0 Å². The summed E-state index contributed by atoms with van der Waals surface area (Å²) in [6.45, 7) is 0.292. The lowest BCUT2D eigenvalue weighted by Crippen LogP contribution is -2.38. The molecule has 58 valence electrons. The molecule has 10 heavy (non-hydrogen) atoms. The number of aliphatic hydroxyl groups is 1. The predicted octanol–water partition coefficient (Wildman–Crippen LogP) is -1.42. The Morgan fingerprint density at radius 2 is 2.40 bits per heavy atom. The van der Waals surface area contributed by atoms with Gasteiger partial charge in [-0.05, 0) is 12.8 Å². The lowest BCUT2D eigenvalue weighted by Gasteiger charge is -2.05. The van der Waals surface area contributed by atoms with E-state index in [1.165, 1.54) is 0 Å². The number of carbonyl (C=O) groups is 1. The Morgan fingerprint density at radius 1 is 1.80 bits per heavy atom. The van der Waals surface area contributed by atoms with Gasteiger partial charge in [0.25, 0.3) is 0 Å². The smallest absolute Gasteiger partial charge is 0.247 e. The van der Waals surface area contributed by atoms with E-state index in [0.717, 1.165) is 12.8 Å². The SMILES string of the molecule is NC(=O)C(O)CNC1CC1. The molecule has 0 spiro atoms. The minimum Gasteiger partial charge on any atom is -0.382 e. The summed E-state index contributed by atoms with van der Waals surface area (Å²) in [7, 11) is 0. The topological polar surface area (TPSA) is 75.4 Å². The summed E-state index contributed by atoms with van der Waals surface area (Å²) in [6.07, 6.45) is 1.26. The van der Waals surface area contributed by atoms with Crippen molar-refractivity contribution in [2.45, 2.75) is 25.0 Å². The molecule has 0 aromatic carbocycles. The highest BCUT2D eigenvalue weighted by molar-refractivity contribution is 5.78. The maximum Gasteiger partial charge on any atom is 0.247 e. The largest absolute Gasteiger partial charge is 0.382 e. The molecule has 1 aliphatic rings. The van der Waals surface area contributed by atoms with Gasteiger partial charge in [-0.25, -0.2) is 0 Å². The molecule has 0 heterocycles. The fourth-order valence-corrected chi connectivity index (χ4v) is 0.666. The van der Waals surface area contributed by atoms with Gasteiger partial charge in [-0.15, -0.1) is 0 Å². The first kappa shape index (κ1) is 7.50. The van der Waals surface area contributed by atoms with Crippen LogP contribution in [0.25, 0.3) is 0 Å². The van der Waals surface area contributed by atoms with Crippen LogP contribution < -0.4 is 11.1 Å². The summed E-state index contributed by atoms with van der Waals surface area (Å²) in [5.41, 5.74) is 4.81. The van der Waals surface area contributed by atoms with Gasteiger partial charge in [-0.1, -0.05) is 0 Å². The maximum atomic E-state index is 10.3. The number of hydrogen-bond donors (Lipinski definition) is 3. The van der Waals surface area contributed by atoms with Crippen LogP contribution in [0.2, 0.25) is 0 Å². The number of amides is 1. The molecule has 0 bridgehead atoms. The van der Waals surface area contributed by atoms with Gasteiger partial charge < -0.3 is 16.2 Å². The van der Waals surface area contributed by atoms with Gasteiger partial charge >= 0.3 is 0 Å². The molecule has 4 nitrogen and oxygen atoms in total. The van der Waals surface area contributed by atoms with E-state index in [0.29, 0.717) is 12.6 Å². The van der Waals surface area contributed by atoms with Crippen molar-refractivity contribution in [2.75, 3.05) is 6.54 Å². The first-order valence-corrected chi connectivity index (χ1v) is 3.41. The number of primary amides is 1. The van der Waals surface area contributed by atoms with E-state index in [4.69, 9.17) is 10.8 Å². The quantitative estimate of drug-likeness (QED) is 0.453. The second kappa shape index (κ2) is 2.98. The zero-order valence-corrected chi connectivity index (χ0v) is 5.71. The molecule has 1 atom stereocenters. The van der Waals surface area contributed by atoms with E-state index in [9.17, 15) is 4.79 Å². The van der Waals surface area contributed by atoms with Crippen molar-refractivity contribution in [3.63, 3.8) is 0 Å². The minimum atomic E-state index is -1.03. The van der Waals surface area contributed by atoms with E-state index in [1.807, 2.05) is 0 Å². The lowest BCUT2D eigenvalue weighted by atomic mass is 10.3. The first-order valence-electron chi connectivity index (χ1n) is 3.41. The van der Waals surface area contributed by atoms with Crippen molar-refractivity contribution >= 4 is 5.91 Å². The van der Waals surface area contributed by atoms with Crippen LogP contribution in [-0.2, 0) is 4.79 Å². The summed E-state index contributed by atoms with van der Waals surface area (Å²) in [5.74, 6) is -0.659. The number of carbonyl (C=O) groups excluding carboxylic acids is 1. The van der Waals surface area contributed by atoms with Crippen LogP contribution in [0.4, 0.5) is 0 Å². The number of nitrogens with one attached hydrogen (secondary N) is 1. The fourth-order valence-electron chi connectivity index (χ4n) is 0.666. The van der Waals surface area contributed by atoms with Crippen LogP contribution in [0.5, 0.6) is 0 Å². The first-order chi connectivity index (χ1) is 4.70. The zero-order valence-electron chi connectivity index (χ0n) is 5.71. The van der Waals surface area contributed by atoms with E-state index in [-0.39, 0.29) is 0 Å². The standard InChI is InChI=1S/C6H12N2O2/c7-6(10)5(9)3-8-4-1-2-4/h4-5,8-9H,1-3H2,(H2,7,10). The Morgan fingerprint density at radius 3 is 2.80 bits per heavy atom. The van der Waals surface area contributed by atoms with Gasteiger partial charge in [-0.2, -0.15) is 0 Å². The monoisotopic (exact) mass is 144 g/mol. The van der Waals surface area contributed by atoms with E-state index in [1.54, 1.807) is 0 Å². The van der Waals surface area contributed by atoms with Crippen LogP contribution in [0.1, 0.15) is 12.8 Å². The van der Waals surface area contributed by atoms with Crippen molar-refractivity contribution in [3.8, 4) is 0 Å². The second-order valence-electron chi connectivity index (χ2n) is 2.60. The van der Waals surface area contributed by atoms with Crippen LogP contribution in [-0.4, -0.2) is 29.7 Å². The Hall–Kier alpha value is -0.610. The molecule has 1 rings (SSSR count). The molecule has 1 unspecified atom stereocenters. The molecule has 1 saturated carbocycles. The molecule has 0 aromatic heterocycles. The number of rotatable bonds is 4. The number of nitrogens with two attached hydrogens (primary N) is 1. The van der Waals surface area contributed by atoms with Crippen molar-refractivity contribution in [1.82, 2.24) is 5.32 Å². The zero-order chi connectivity index (χ0) is 7.56. The van der Waals surface area contributed by atoms with E-state index in [2.05, 4.69) is 5.32 Å². The molecular weight excluding hydrogens is 132 g/mol. The molecule has 0 saturated heterocycles.